The molecule has 4 rings (SSSR count). The first-order valence-corrected chi connectivity index (χ1v) is 11.5. The molecule has 35 heavy (non-hydrogen) atoms. The molecule has 4 atom stereocenters. The van der Waals surface area contributed by atoms with Crippen molar-refractivity contribution < 1.29 is 37.3 Å². The Morgan fingerprint density at radius 1 is 1.06 bits per heavy atom. The van der Waals surface area contributed by atoms with E-state index in [1.807, 2.05) is 0 Å². The smallest absolute Gasteiger partial charge is 0.416 e. The Kier molecular flexibility index (Phi) is 7.53. The summed E-state index contributed by atoms with van der Waals surface area (Å²) in [5.74, 6) is -0.356. The van der Waals surface area contributed by atoms with Crippen LogP contribution in [-0.4, -0.2) is 41.8 Å². The highest BCUT2D eigenvalue weighted by molar-refractivity contribution is 6.30. The number of hydrogen-bond donors (Lipinski definition) is 3. The fourth-order valence-electron chi connectivity index (χ4n) is 4.06. The van der Waals surface area contributed by atoms with Gasteiger partial charge in [0.15, 0.2) is 6.10 Å². The SMILES string of the molecule is O=C(NCc1ccc(C(F)(F)F)cc1)[C@@H]1CC[C@@H](NC(=O)[C@@H]2C[C@H](O)c3cc(Cl)ccc3O2)CO1. The van der Waals surface area contributed by atoms with Gasteiger partial charge in [0.2, 0.25) is 5.91 Å². The van der Waals surface area contributed by atoms with E-state index in [1.165, 1.54) is 12.1 Å². The highest BCUT2D eigenvalue weighted by Gasteiger charge is 2.35. The topological polar surface area (TPSA) is 96.9 Å². The van der Waals surface area contributed by atoms with Gasteiger partial charge in [-0.15, -0.1) is 0 Å². The molecule has 7 nitrogen and oxygen atoms in total. The second kappa shape index (κ2) is 10.4. The lowest BCUT2D eigenvalue weighted by Crippen LogP contribution is -2.51. The Morgan fingerprint density at radius 3 is 2.46 bits per heavy atom. The van der Waals surface area contributed by atoms with Gasteiger partial charge in [-0.05, 0) is 48.7 Å². The van der Waals surface area contributed by atoms with Crippen LogP contribution in [0.2, 0.25) is 5.02 Å². The molecule has 0 radical (unpaired) electrons. The minimum absolute atomic E-state index is 0.0744. The van der Waals surface area contributed by atoms with Crippen LogP contribution in [0.4, 0.5) is 13.2 Å². The average molecular weight is 513 g/mol. The molecule has 1 fully saturated rings. The largest absolute Gasteiger partial charge is 0.480 e. The van der Waals surface area contributed by atoms with Crippen LogP contribution >= 0.6 is 11.6 Å². The molecule has 0 aromatic heterocycles. The number of rotatable bonds is 5. The summed E-state index contributed by atoms with van der Waals surface area (Å²) >= 11 is 5.95. The second-order valence-electron chi connectivity index (χ2n) is 8.56. The lowest BCUT2D eigenvalue weighted by molar-refractivity contribution is -0.139. The third-order valence-electron chi connectivity index (χ3n) is 5.99. The van der Waals surface area contributed by atoms with Crippen LogP contribution < -0.4 is 15.4 Å². The van der Waals surface area contributed by atoms with Crippen LogP contribution in [0.15, 0.2) is 42.5 Å². The van der Waals surface area contributed by atoms with E-state index in [2.05, 4.69) is 10.6 Å². The molecule has 0 saturated carbocycles. The first kappa shape index (κ1) is 25.3. The lowest BCUT2D eigenvalue weighted by atomic mass is 9.98. The van der Waals surface area contributed by atoms with Gasteiger partial charge in [0.1, 0.15) is 11.9 Å². The molecule has 3 N–H and O–H groups in total. The Labute approximate surface area is 204 Å². The Hall–Kier alpha value is -2.82. The molecule has 0 unspecified atom stereocenters. The van der Waals surface area contributed by atoms with Crippen molar-refractivity contribution in [2.24, 2.45) is 0 Å². The van der Waals surface area contributed by atoms with Gasteiger partial charge in [-0.1, -0.05) is 23.7 Å². The Morgan fingerprint density at radius 2 is 1.80 bits per heavy atom. The maximum absolute atomic E-state index is 12.7. The summed E-state index contributed by atoms with van der Waals surface area (Å²) in [6, 6.07) is 9.06. The van der Waals surface area contributed by atoms with E-state index in [4.69, 9.17) is 21.1 Å². The van der Waals surface area contributed by atoms with Crippen molar-refractivity contribution in [2.75, 3.05) is 6.61 Å². The molecular formula is C24H24ClF3N2O5. The van der Waals surface area contributed by atoms with E-state index in [1.54, 1.807) is 18.2 Å². The maximum Gasteiger partial charge on any atom is 0.416 e. The van der Waals surface area contributed by atoms with E-state index in [-0.39, 0.29) is 37.4 Å². The summed E-state index contributed by atoms with van der Waals surface area (Å²) in [6.07, 6.45) is -5.95. The molecule has 2 amide bonds. The minimum Gasteiger partial charge on any atom is -0.480 e. The normalized spacial score (nSPS) is 24.1. The fourth-order valence-corrected chi connectivity index (χ4v) is 4.24. The molecular weight excluding hydrogens is 489 g/mol. The van der Waals surface area contributed by atoms with Gasteiger partial charge in [-0.3, -0.25) is 9.59 Å². The maximum atomic E-state index is 12.7. The van der Waals surface area contributed by atoms with Gasteiger partial charge < -0.3 is 25.2 Å². The Balaban J connectivity index is 1.22. The third kappa shape index (κ3) is 6.25. The van der Waals surface area contributed by atoms with Crippen molar-refractivity contribution in [2.45, 2.75) is 56.3 Å². The number of hydrogen-bond acceptors (Lipinski definition) is 5. The molecule has 188 valence electrons. The van der Waals surface area contributed by atoms with Crippen molar-refractivity contribution in [1.29, 1.82) is 0 Å². The molecule has 0 aliphatic carbocycles. The number of carbonyl (C=O) groups is 2. The summed E-state index contributed by atoms with van der Waals surface area (Å²) < 4.78 is 49.3. The summed E-state index contributed by atoms with van der Waals surface area (Å²) in [5, 5.41) is 16.3. The molecule has 0 bridgehead atoms. The predicted molar refractivity (Wildman–Crippen MR) is 120 cm³/mol. The first-order chi connectivity index (χ1) is 16.6. The molecule has 2 aliphatic rings. The van der Waals surface area contributed by atoms with E-state index in [0.717, 1.165) is 12.1 Å². The highest BCUT2D eigenvalue weighted by atomic mass is 35.5. The molecule has 2 heterocycles. The van der Waals surface area contributed by atoms with E-state index < -0.39 is 30.1 Å². The number of aliphatic hydroxyl groups excluding tert-OH is 1. The van der Waals surface area contributed by atoms with E-state index in [9.17, 15) is 27.9 Å². The van der Waals surface area contributed by atoms with Gasteiger partial charge >= 0.3 is 6.18 Å². The number of halogens is 4. The lowest BCUT2D eigenvalue weighted by Gasteiger charge is -2.32. The summed E-state index contributed by atoms with van der Waals surface area (Å²) in [5.41, 5.74) is 0.316. The van der Waals surface area contributed by atoms with Crippen molar-refractivity contribution in [3.05, 3.63) is 64.2 Å². The minimum atomic E-state index is -4.41. The van der Waals surface area contributed by atoms with Gasteiger partial charge in [-0.25, -0.2) is 0 Å². The number of ether oxygens (including phenoxy) is 2. The van der Waals surface area contributed by atoms with Crippen LogP contribution in [0.1, 0.15) is 42.1 Å². The Bertz CT molecular complexity index is 1070. The van der Waals surface area contributed by atoms with Crippen molar-refractivity contribution in [1.82, 2.24) is 10.6 Å². The van der Waals surface area contributed by atoms with Crippen molar-refractivity contribution in [3.63, 3.8) is 0 Å². The molecule has 2 aromatic rings. The molecule has 0 spiro atoms. The zero-order valence-corrected chi connectivity index (χ0v) is 19.2. The van der Waals surface area contributed by atoms with Crippen molar-refractivity contribution in [3.8, 4) is 5.75 Å². The summed E-state index contributed by atoms with van der Waals surface area (Å²) in [4.78, 5) is 25.1. The summed E-state index contributed by atoms with van der Waals surface area (Å²) in [6.45, 7) is 0.191. The number of fused-ring (bicyclic) bond motifs is 1. The molecule has 2 aliphatic heterocycles. The molecule has 11 heteroatoms. The number of aliphatic hydroxyl groups is 1. The van der Waals surface area contributed by atoms with Gasteiger partial charge in [0, 0.05) is 23.6 Å². The van der Waals surface area contributed by atoms with Gasteiger partial charge in [0.05, 0.1) is 24.3 Å². The molecule has 2 aromatic carbocycles. The van der Waals surface area contributed by atoms with Crippen LogP contribution in [-0.2, 0) is 27.0 Å². The van der Waals surface area contributed by atoms with Gasteiger partial charge in [0.25, 0.3) is 5.91 Å². The number of alkyl halides is 3. The number of benzene rings is 2. The van der Waals surface area contributed by atoms with E-state index >= 15 is 0 Å². The third-order valence-corrected chi connectivity index (χ3v) is 6.23. The van der Waals surface area contributed by atoms with Crippen LogP contribution in [0, 0.1) is 0 Å². The van der Waals surface area contributed by atoms with E-state index in [0.29, 0.717) is 34.7 Å². The second-order valence-corrected chi connectivity index (χ2v) is 8.99. The first-order valence-electron chi connectivity index (χ1n) is 11.1. The number of nitrogens with one attached hydrogen (secondary N) is 2. The monoisotopic (exact) mass is 512 g/mol. The molecule has 1 saturated heterocycles. The summed E-state index contributed by atoms with van der Waals surface area (Å²) in [7, 11) is 0. The van der Waals surface area contributed by atoms with Crippen LogP contribution in [0.3, 0.4) is 0 Å². The van der Waals surface area contributed by atoms with Crippen LogP contribution in [0.25, 0.3) is 0 Å². The predicted octanol–water partition coefficient (Wildman–Crippen LogP) is 3.52. The zero-order valence-electron chi connectivity index (χ0n) is 18.5. The fraction of sp³-hybridized carbons (Fsp3) is 0.417. The quantitative estimate of drug-likeness (QED) is 0.569. The highest BCUT2D eigenvalue weighted by Crippen LogP contribution is 2.36. The van der Waals surface area contributed by atoms with Gasteiger partial charge in [-0.2, -0.15) is 13.2 Å². The number of carbonyl (C=O) groups excluding carboxylic acids is 2. The number of amides is 2. The average Bonchev–Trinajstić information content (AvgIpc) is 2.83. The zero-order chi connectivity index (χ0) is 25.2. The van der Waals surface area contributed by atoms with Crippen LogP contribution in [0.5, 0.6) is 5.75 Å². The van der Waals surface area contributed by atoms with Crippen molar-refractivity contribution >= 4 is 23.4 Å². The standard InChI is InChI=1S/C24H24ClF3N2O5/c25-15-5-7-19-17(9-15)18(31)10-21(35-19)23(33)30-16-6-8-20(34-12-16)22(32)29-11-13-1-3-14(4-2-13)24(26,27)28/h1-5,7,9,16,18,20-21,31H,6,8,10-12H2,(H,29,32)(H,30,33)/t16-,18+,20+,21+/m1/s1.